The predicted molar refractivity (Wildman–Crippen MR) is 104 cm³/mol. The number of nitrogens with zero attached hydrogens (tertiary/aromatic N) is 6. The topological polar surface area (TPSA) is 113 Å². The minimum atomic E-state index is -4.36. The number of benzene rings is 1. The fourth-order valence-electron chi connectivity index (χ4n) is 2.41. The molecule has 0 amide bonds. The third-order valence-corrected chi connectivity index (χ3v) is 4.04. The summed E-state index contributed by atoms with van der Waals surface area (Å²) in [6.45, 7) is 2.76. The first-order valence-electron chi connectivity index (χ1n) is 9.24. The third-order valence-electron chi connectivity index (χ3n) is 4.04. The Hall–Kier alpha value is -3.54. The van der Waals surface area contributed by atoms with Crippen molar-refractivity contribution in [1.82, 2.24) is 25.2 Å². The van der Waals surface area contributed by atoms with Crippen LogP contribution in [0.25, 0.3) is 0 Å². The van der Waals surface area contributed by atoms with Crippen LogP contribution in [0.5, 0.6) is 5.88 Å². The molecule has 9 nitrogen and oxygen atoms in total. The summed E-state index contributed by atoms with van der Waals surface area (Å²) in [6, 6.07) is 8.13. The lowest BCUT2D eigenvalue weighted by Crippen LogP contribution is -2.12. The summed E-state index contributed by atoms with van der Waals surface area (Å²) in [6.07, 6.45) is -2.80. The first kappa shape index (κ1) is 22.2. The van der Waals surface area contributed by atoms with Crippen LogP contribution >= 0.6 is 0 Å². The van der Waals surface area contributed by atoms with Gasteiger partial charge in [-0.3, -0.25) is 0 Å². The monoisotopic (exact) mass is 435 g/mol. The maximum absolute atomic E-state index is 12.6. The lowest BCUT2D eigenvalue weighted by Gasteiger charge is -2.07. The van der Waals surface area contributed by atoms with Gasteiger partial charge in [0.2, 0.25) is 11.7 Å². The average molecular weight is 435 g/mol. The van der Waals surface area contributed by atoms with E-state index in [1.165, 1.54) is 16.9 Å². The van der Waals surface area contributed by atoms with Gasteiger partial charge in [-0.2, -0.15) is 18.0 Å². The molecule has 0 aliphatic heterocycles. The first-order chi connectivity index (χ1) is 14.8. The van der Waals surface area contributed by atoms with Crippen molar-refractivity contribution in [1.29, 1.82) is 0 Å². The maximum atomic E-state index is 12.6. The number of pyridine rings is 1. The average Bonchev–Trinajstić information content (AvgIpc) is 3.20. The summed E-state index contributed by atoms with van der Waals surface area (Å²) in [5, 5.41) is 15.8. The molecule has 164 valence electrons. The van der Waals surface area contributed by atoms with Crippen molar-refractivity contribution in [3.63, 3.8) is 0 Å². The van der Waals surface area contributed by atoms with Gasteiger partial charge in [0.25, 0.3) is 0 Å². The predicted octanol–water partition coefficient (Wildman–Crippen LogP) is 2.57. The molecule has 3 aromatic rings. The molecule has 0 unspecified atom stereocenters. The van der Waals surface area contributed by atoms with E-state index in [0.29, 0.717) is 41.6 Å². The highest BCUT2D eigenvalue weighted by molar-refractivity contribution is 5.98. The van der Waals surface area contributed by atoms with Crippen LogP contribution in [0, 0.1) is 0 Å². The van der Waals surface area contributed by atoms with E-state index in [2.05, 4.69) is 25.6 Å². The Balaban J connectivity index is 1.49. The highest BCUT2D eigenvalue weighted by Crippen LogP contribution is 2.29. The van der Waals surface area contributed by atoms with Crippen molar-refractivity contribution in [2.45, 2.75) is 32.9 Å². The van der Waals surface area contributed by atoms with Crippen molar-refractivity contribution in [3.8, 4) is 5.88 Å². The summed E-state index contributed by atoms with van der Waals surface area (Å²) in [5.41, 5.74) is 6.55. The van der Waals surface area contributed by atoms with E-state index in [-0.39, 0.29) is 13.2 Å². The SMILES string of the molecule is C/C(=N\OCc1ccc(C(F)(F)F)cc1)c1ccc(OCc2nnn(CCN)n2)nc1. The molecule has 0 saturated heterocycles. The minimum absolute atomic E-state index is 0.0436. The number of tetrazole rings is 1. The second-order valence-corrected chi connectivity index (χ2v) is 6.41. The number of rotatable bonds is 9. The summed E-state index contributed by atoms with van der Waals surface area (Å²) in [7, 11) is 0. The second-order valence-electron chi connectivity index (χ2n) is 6.41. The molecule has 0 atom stereocenters. The summed E-state index contributed by atoms with van der Waals surface area (Å²) in [5.74, 6) is 0.783. The number of aromatic nitrogens is 5. The van der Waals surface area contributed by atoms with Crippen molar-refractivity contribution in [2.75, 3.05) is 6.54 Å². The van der Waals surface area contributed by atoms with Gasteiger partial charge < -0.3 is 15.3 Å². The largest absolute Gasteiger partial charge is 0.469 e. The fourth-order valence-corrected chi connectivity index (χ4v) is 2.41. The zero-order chi connectivity index (χ0) is 22.3. The number of nitrogens with two attached hydrogens (primary N) is 1. The lowest BCUT2D eigenvalue weighted by atomic mass is 10.1. The Morgan fingerprint density at radius 1 is 1.13 bits per heavy atom. The van der Waals surface area contributed by atoms with Crippen LogP contribution in [0.4, 0.5) is 13.2 Å². The van der Waals surface area contributed by atoms with Gasteiger partial charge in [0.15, 0.2) is 6.61 Å². The normalized spacial score (nSPS) is 12.1. The molecule has 0 aliphatic rings. The van der Waals surface area contributed by atoms with Crippen molar-refractivity contribution < 1.29 is 22.7 Å². The molecular weight excluding hydrogens is 415 g/mol. The molecule has 0 saturated carbocycles. The lowest BCUT2D eigenvalue weighted by molar-refractivity contribution is -0.137. The van der Waals surface area contributed by atoms with Gasteiger partial charge in [0.1, 0.15) is 6.61 Å². The second kappa shape index (κ2) is 9.98. The van der Waals surface area contributed by atoms with Gasteiger partial charge in [-0.1, -0.05) is 17.3 Å². The van der Waals surface area contributed by atoms with Crippen molar-refractivity contribution in [3.05, 3.63) is 65.1 Å². The Labute approximate surface area is 175 Å². The van der Waals surface area contributed by atoms with Gasteiger partial charge in [0, 0.05) is 24.4 Å². The van der Waals surface area contributed by atoms with E-state index in [1.807, 2.05) is 0 Å². The van der Waals surface area contributed by atoms with Crippen molar-refractivity contribution >= 4 is 5.71 Å². The number of ether oxygens (including phenoxy) is 1. The molecule has 0 aliphatic carbocycles. The van der Waals surface area contributed by atoms with Crippen LogP contribution < -0.4 is 10.5 Å². The van der Waals surface area contributed by atoms with Crippen LogP contribution in [-0.2, 0) is 30.8 Å². The molecule has 0 radical (unpaired) electrons. The van der Waals surface area contributed by atoms with Crippen LogP contribution in [0.1, 0.15) is 29.4 Å². The van der Waals surface area contributed by atoms with E-state index >= 15 is 0 Å². The number of hydrogen-bond acceptors (Lipinski definition) is 8. The Kier molecular flexibility index (Phi) is 7.13. The van der Waals surface area contributed by atoms with Gasteiger partial charge in [-0.05, 0) is 35.9 Å². The highest BCUT2D eigenvalue weighted by atomic mass is 19.4. The molecule has 1 aromatic carbocycles. The smallest absolute Gasteiger partial charge is 0.416 e. The molecule has 2 aromatic heterocycles. The van der Waals surface area contributed by atoms with E-state index in [4.69, 9.17) is 15.3 Å². The molecule has 12 heteroatoms. The molecule has 31 heavy (non-hydrogen) atoms. The molecule has 2 N–H and O–H groups in total. The Bertz CT molecular complexity index is 1000. The summed E-state index contributed by atoms with van der Waals surface area (Å²) >= 11 is 0. The maximum Gasteiger partial charge on any atom is 0.416 e. The Morgan fingerprint density at radius 2 is 1.90 bits per heavy atom. The third kappa shape index (κ3) is 6.47. The molecular formula is C19H20F3N7O2. The number of halogens is 3. The number of oxime groups is 1. The van der Waals surface area contributed by atoms with Crippen LogP contribution in [0.2, 0.25) is 0 Å². The quantitative estimate of drug-likeness (QED) is 0.406. The zero-order valence-electron chi connectivity index (χ0n) is 16.6. The van der Waals surface area contributed by atoms with Crippen LogP contribution in [0.3, 0.4) is 0 Å². The van der Waals surface area contributed by atoms with E-state index < -0.39 is 11.7 Å². The van der Waals surface area contributed by atoms with E-state index in [1.54, 1.807) is 25.3 Å². The van der Waals surface area contributed by atoms with E-state index in [9.17, 15) is 13.2 Å². The number of alkyl halides is 3. The zero-order valence-corrected chi connectivity index (χ0v) is 16.6. The van der Waals surface area contributed by atoms with Gasteiger partial charge >= 0.3 is 6.18 Å². The fraction of sp³-hybridized carbons (Fsp3) is 0.316. The van der Waals surface area contributed by atoms with Gasteiger partial charge in [0.05, 0.1) is 17.8 Å². The highest BCUT2D eigenvalue weighted by Gasteiger charge is 2.29. The molecule has 0 fully saturated rings. The summed E-state index contributed by atoms with van der Waals surface area (Å²) < 4.78 is 43.2. The van der Waals surface area contributed by atoms with Crippen LogP contribution in [-0.4, -0.2) is 37.4 Å². The molecule has 3 rings (SSSR count). The van der Waals surface area contributed by atoms with Crippen molar-refractivity contribution in [2.24, 2.45) is 10.9 Å². The van der Waals surface area contributed by atoms with Crippen LogP contribution in [0.15, 0.2) is 47.8 Å². The van der Waals surface area contributed by atoms with Gasteiger partial charge in [-0.25, -0.2) is 4.98 Å². The Morgan fingerprint density at radius 3 is 2.55 bits per heavy atom. The van der Waals surface area contributed by atoms with E-state index in [0.717, 1.165) is 12.1 Å². The number of hydrogen-bond donors (Lipinski definition) is 1. The molecule has 0 spiro atoms. The molecule has 2 heterocycles. The van der Waals surface area contributed by atoms with Gasteiger partial charge in [-0.15, -0.1) is 10.2 Å². The minimum Gasteiger partial charge on any atom is -0.469 e. The molecule has 0 bridgehead atoms. The first-order valence-corrected chi connectivity index (χ1v) is 9.24. The summed E-state index contributed by atoms with van der Waals surface area (Å²) in [4.78, 5) is 10.8. The standard InChI is InChI=1S/C19H20F3N7O2/c1-13(27-31-11-14-2-5-16(6-3-14)19(20,21)22)15-4-7-18(24-10-15)30-12-17-25-28-29(26-17)9-8-23/h2-7,10H,8-9,11-12,23H2,1H3/b27-13+.